The van der Waals surface area contributed by atoms with Gasteiger partial charge in [-0.05, 0) is 42.5 Å². The third-order valence-electron chi connectivity index (χ3n) is 5.21. The van der Waals surface area contributed by atoms with E-state index in [1.165, 1.54) is 18.2 Å². The molecule has 176 valence electrons. The highest BCUT2D eigenvalue weighted by molar-refractivity contribution is 7.92. The van der Waals surface area contributed by atoms with Crippen molar-refractivity contribution >= 4 is 33.4 Å². The van der Waals surface area contributed by atoms with Crippen molar-refractivity contribution in [2.24, 2.45) is 5.73 Å². The maximum absolute atomic E-state index is 13.4. The third kappa shape index (κ3) is 4.55. The standard InChI is InChI=1S/C20H21FN4O7S/c21-12-1-4-15(5-2-12)33(29,30)25-9-14(8-23-18(26)20(22)10-31-11-20)32-17-6-3-13(7-16(17)25)24-19(27)28/h1-7,14,24H,8-11,22H2,(H,23,26)(H,27,28). The van der Waals surface area contributed by atoms with Crippen molar-refractivity contribution in [1.82, 2.24) is 5.32 Å². The van der Waals surface area contributed by atoms with Gasteiger partial charge in [-0.25, -0.2) is 17.6 Å². The summed E-state index contributed by atoms with van der Waals surface area (Å²) in [6, 6.07) is 8.46. The van der Waals surface area contributed by atoms with E-state index in [0.29, 0.717) is 0 Å². The number of ether oxygens (including phenoxy) is 2. The molecule has 1 atom stereocenters. The second-order valence-corrected chi connectivity index (χ2v) is 9.56. The van der Waals surface area contributed by atoms with Gasteiger partial charge >= 0.3 is 6.09 Å². The topological polar surface area (TPSA) is 160 Å². The number of halogens is 1. The minimum atomic E-state index is -4.18. The van der Waals surface area contributed by atoms with Crippen molar-refractivity contribution < 1.29 is 37.0 Å². The fourth-order valence-corrected chi connectivity index (χ4v) is 4.92. The molecule has 0 saturated carbocycles. The van der Waals surface area contributed by atoms with Crippen LogP contribution in [-0.2, 0) is 19.6 Å². The lowest BCUT2D eigenvalue weighted by Gasteiger charge is -2.38. The van der Waals surface area contributed by atoms with Gasteiger partial charge in [0.1, 0.15) is 23.2 Å². The summed E-state index contributed by atoms with van der Waals surface area (Å²) in [7, 11) is -4.18. The van der Waals surface area contributed by atoms with E-state index in [1.807, 2.05) is 0 Å². The number of sulfonamides is 1. The predicted molar refractivity (Wildman–Crippen MR) is 114 cm³/mol. The van der Waals surface area contributed by atoms with Gasteiger partial charge in [0.25, 0.3) is 10.0 Å². The lowest BCUT2D eigenvalue weighted by molar-refractivity contribution is -0.143. The number of carbonyl (C=O) groups excluding carboxylic acids is 1. The van der Waals surface area contributed by atoms with E-state index in [4.69, 9.17) is 20.3 Å². The molecule has 0 aromatic heterocycles. The Balaban J connectivity index is 1.64. The molecular formula is C20H21FN4O7S. The molecule has 1 fully saturated rings. The summed E-state index contributed by atoms with van der Waals surface area (Å²) in [5, 5.41) is 13.8. The van der Waals surface area contributed by atoms with E-state index in [9.17, 15) is 22.4 Å². The first-order chi connectivity index (χ1) is 15.6. The van der Waals surface area contributed by atoms with Gasteiger partial charge in [-0.3, -0.25) is 14.4 Å². The van der Waals surface area contributed by atoms with Gasteiger partial charge in [-0.2, -0.15) is 0 Å². The smallest absolute Gasteiger partial charge is 0.409 e. The van der Waals surface area contributed by atoms with E-state index < -0.39 is 39.5 Å². The Labute approximate surface area is 188 Å². The number of nitrogens with two attached hydrogens (primary N) is 1. The monoisotopic (exact) mass is 480 g/mol. The second-order valence-electron chi connectivity index (χ2n) is 7.70. The highest BCUT2D eigenvalue weighted by atomic mass is 32.2. The Morgan fingerprint density at radius 2 is 1.91 bits per heavy atom. The SMILES string of the molecule is NC1(C(=O)NCC2CN(S(=O)(=O)c3ccc(F)cc3)c3cc(NC(=O)O)ccc3O2)COC1. The molecule has 2 heterocycles. The predicted octanol–water partition coefficient (Wildman–Crippen LogP) is 0.716. The molecule has 0 bridgehead atoms. The van der Waals surface area contributed by atoms with Gasteiger partial charge in [0.15, 0.2) is 0 Å². The first-order valence-corrected chi connectivity index (χ1v) is 11.3. The molecule has 1 saturated heterocycles. The zero-order valence-electron chi connectivity index (χ0n) is 17.2. The number of hydrogen-bond acceptors (Lipinski definition) is 7. The maximum Gasteiger partial charge on any atom is 0.409 e. The van der Waals surface area contributed by atoms with Crippen molar-refractivity contribution in [2.45, 2.75) is 16.5 Å². The summed E-state index contributed by atoms with van der Waals surface area (Å²) >= 11 is 0. The minimum absolute atomic E-state index is 0.0399. The maximum atomic E-state index is 13.4. The molecule has 5 N–H and O–H groups in total. The number of nitrogens with zero attached hydrogens (tertiary/aromatic N) is 1. The molecule has 2 aliphatic heterocycles. The molecule has 2 aromatic rings. The lowest BCUT2D eigenvalue weighted by Crippen LogP contribution is -2.67. The van der Waals surface area contributed by atoms with Crippen molar-refractivity contribution in [1.29, 1.82) is 0 Å². The molecule has 0 radical (unpaired) electrons. The summed E-state index contributed by atoms with van der Waals surface area (Å²) < 4.78 is 52.0. The molecule has 11 nitrogen and oxygen atoms in total. The summed E-state index contributed by atoms with van der Waals surface area (Å²) in [6.07, 6.45) is -2.10. The molecule has 0 spiro atoms. The summed E-state index contributed by atoms with van der Waals surface area (Å²) in [4.78, 5) is 23.2. The number of anilines is 2. The molecule has 13 heteroatoms. The number of amides is 2. The van der Waals surface area contributed by atoms with E-state index in [1.54, 1.807) is 0 Å². The Morgan fingerprint density at radius 1 is 1.21 bits per heavy atom. The van der Waals surface area contributed by atoms with Crippen LogP contribution in [0.3, 0.4) is 0 Å². The van der Waals surface area contributed by atoms with Crippen molar-refractivity contribution in [2.75, 3.05) is 35.9 Å². The first-order valence-electron chi connectivity index (χ1n) is 9.82. The van der Waals surface area contributed by atoms with Crippen LogP contribution in [0.2, 0.25) is 0 Å². The Bertz CT molecular complexity index is 1190. The molecule has 33 heavy (non-hydrogen) atoms. The van der Waals surface area contributed by atoms with Gasteiger partial charge < -0.3 is 25.6 Å². The average Bonchev–Trinajstić information content (AvgIpc) is 2.75. The van der Waals surface area contributed by atoms with Crippen LogP contribution in [0.15, 0.2) is 47.4 Å². The van der Waals surface area contributed by atoms with Crippen LogP contribution in [0.5, 0.6) is 5.75 Å². The zero-order chi connectivity index (χ0) is 23.8. The quantitative estimate of drug-likeness (QED) is 0.470. The molecule has 0 aliphatic carbocycles. The Kier molecular flexibility index (Phi) is 5.86. The molecule has 2 aromatic carbocycles. The molecule has 2 amide bonds. The van der Waals surface area contributed by atoms with Crippen LogP contribution in [0.1, 0.15) is 0 Å². The average molecular weight is 480 g/mol. The summed E-state index contributed by atoms with van der Waals surface area (Å²) in [5.74, 6) is -0.880. The number of nitrogens with one attached hydrogen (secondary N) is 2. The summed E-state index contributed by atoms with van der Waals surface area (Å²) in [6.45, 7) is -0.0748. The molecule has 1 unspecified atom stereocenters. The highest BCUT2D eigenvalue weighted by Gasteiger charge is 2.42. The van der Waals surface area contributed by atoms with Gasteiger partial charge in [0, 0.05) is 5.69 Å². The largest absolute Gasteiger partial charge is 0.484 e. The van der Waals surface area contributed by atoms with E-state index in [2.05, 4.69) is 10.6 Å². The van der Waals surface area contributed by atoms with Crippen molar-refractivity contribution in [3.63, 3.8) is 0 Å². The summed E-state index contributed by atoms with van der Waals surface area (Å²) in [5.41, 5.74) is 5.00. The number of carboxylic acid groups (broad SMARTS) is 1. The first kappa shape index (κ1) is 22.8. The number of carbonyl (C=O) groups is 2. The van der Waals surface area contributed by atoms with Crippen molar-refractivity contribution in [3.05, 3.63) is 48.3 Å². The number of fused-ring (bicyclic) bond motifs is 1. The number of benzene rings is 2. The highest BCUT2D eigenvalue weighted by Crippen LogP contribution is 2.39. The molecule has 4 rings (SSSR count). The number of hydrogen-bond donors (Lipinski definition) is 4. The van der Waals surface area contributed by atoms with Crippen LogP contribution < -0.4 is 25.4 Å². The lowest BCUT2D eigenvalue weighted by atomic mass is 9.98. The van der Waals surface area contributed by atoms with Gasteiger partial charge in [0.05, 0.1) is 36.9 Å². The van der Waals surface area contributed by atoms with Crippen LogP contribution in [0, 0.1) is 5.82 Å². The normalized spacial score (nSPS) is 19.0. The fraction of sp³-hybridized carbons (Fsp3) is 0.300. The van der Waals surface area contributed by atoms with E-state index >= 15 is 0 Å². The zero-order valence-corrected chi connectivity index (χ0v) is 18.0. The Hall–Kier alpha value is -3.42. The van der Waals surface area contributed by atoms with Crippen LogP contribution in [0.25, 0.3) is 0 Å². The van der Waals surface area contributed by atoms with Crippen LogP contribution >= 0.6 is 0 Å². The fourth-order valence-electron chi connectivity index (χ4n) is 3.42. The molecular weight excluding hydrogens is 459 g/mol. The Morgan fingerprint density at radius 3 is 2.52 bits per heavy atom. The van der Waals surface area contributed by atoms with Gasteiger partial charge in [0.2, 0.25) is 5.91 Å². The third-order valence-corrected chi connectivity index (χ3v) is 7.00. The number of rotatable bonds is 6. The van der Waals surface area contributed by atoms with E-state index in [-0.39, 0.29) is 48.3 Å². The van der Waals surface area contributed by atoms with Gasteiger partial charge in [-0.1, -0.05) is 0 Å². The van der Waals surface area contributed by atoms with Crippen LogP contribution in [-0.4, -0.2) is 63.5 Å². The molecule has 2 aliphatic rings. The van der Waals surface area contributed by atoms with E-state index in [0.717, 1.165) is 28.6 Å². The minimum Gasteiger partial charge on any atom is -0.484 e. The van der Waals surface area contributed by atoms with Gasteiger partial charge in [-0.15, -0.1) is 0 Å². The second kappa shape index (κ2) is 8.50. The van der Waals surface area contributed by atoms with Crippen molar-refractivity contribution in [3.8, 4) is 5.75 Å². The van der Waals surface area contributed by atoms with Crippen LogP contribution in [0.4, 0.5) is 20.6 Å².